The summed E-state index contributed by atoms with van der Waals surface area (Å²) in [6.07, 6.45) is 2.38. The quantitative estimate of drug-likeness (QED) is 0.574. The molecular weight excluding hydrogens is 356 g/mol. The van der Waals surface area contributed by atoms with Gasteiger partial charge in [0.1, 0.15) is 0 Å². The molecule has 0 unspecified atom stereocenters. The molecule has 0 atom stereocenters. The van der Waals surface area contributed by atoms with Gasteiger partial charge in [-0.05, 0) is 0 Å². The molecule has 0 spiro atoms. The molecule has 0 aliphatic heterocycles. The third kappa shape index (κ3) is 3.73. The number of rotatable bonds is 5. The van der Waals surface area contributed by atoms with Gasteiger partial charge in [0.25, 0.3) is 0 Å². The van der Waals surface area contributed by atoms with Gasteiger partial charge in [0, 0.05) is 0 Å². The Labute approximate surface area is 103 Å². The van der Waals surface area contributed by atoms with E-state index in [1.165, 1.54) is 12.8 Å². The fourth-order valence-corrected chi connectivity index (χ4v) is 4.60. The molecule has 0 saturated carbocycles. The predicted octanol–water partition coefficient (Wildman–Crippen LogP) is 3.51. The van der Waals surface area contributed by atoms with E-state index >= 15 is 0 Å². The second-order valence-electron chi connectivity index (χ2n) is 2.97. The number of benzene rings is 1. The third-order valence-corrected chi connectivity index (χ3v) is 5.30. The molecular formula is C11H13BrOTe. The van der Waals surface area contributed by atoms with Crippen molar-refractivity contribution in [3.63, 3.8) is 0 Å². The summed E-state index contributed by atoms with van der Waals surface area (Å²) in [5, 5.41) is 0. The van der Waals surface area contributed by atoms with Crippen LogP contribution in [-0.4, -0.2) is 24.8 Å². The zero-order valence-corrected chi connectivity index (χ0v) is 12.0. The van der Waals surface area contributed by atoms with Crippen LogP contribution in [0.2, 0.25) is 4.47 Å². The van der Waals surface area contributed by atoms with Gasteiger partial charge in [0.15, 0.2) is 0 Å². The molecule has 1 nitrogen and oxygen atoms in total. The van der Waals surface area contributed by atoms with Crippen molar-refractivity contribution in [2.75, 3.05) is 0 Å². The van der Waals surface area contributed by atoms with Crippen LogP contribution in [0, 0.1) is 0 Å². The van der Waals surface area contributed by atoms with Crippen LogP contribution in [0.3, 0.4) is 0 Å². The topological polar surface area (TPSA) is 17.1 Å². The number of halogens is 1. The Bertz CT molecular complexity index is 312. The first-order chi connectivity index (χ1) is 6.75. The predicted molar refractivity (Wildman–Crippen MR) is 63.9 cm³/mol. The van der Waals surface area contributed by atoms with Gasteiger partial charge in [0.05, 0.1) is 0 Å². The molecule has 14 heavy (non-hydrogen) atoms. The molecule has 0 N–H and O–H groups in total. The zero-order chi connectivity index (χ0) is 10.4. The summed E-state index contributed by atoms with van der Waals surface area (Å²) in [5.41, 5.74) is 0.867. The molecule has 0 aliphatic rings. The molecule has 1 aromatic rings. The Morgan fingerprint density at radius 2 is 2.14 bits per heavy atom. The van der Waals surface area contributed by atoms with Crippen molar-refractivity contribution in [2.24, 2.45) is 0 Å². The third-order valence-electron chi connectivity index (χ3n) is 1.82. The summed E-state index contributed by atoms with van der Waals surface area (Å²) in [4.78, 5) is 11.8. The van der Waals surface area contributed by atoms with Crippen LogP contribution >= 0.6 is 15.9 Å². The molecule has 0 bridgehead atoms. The van der Waals surface area contributed by atoms with E-state index in [9.17, 15) is 4.79 Å². The SMILES string of the molecule is CCCC[Te]C(=O)c1ccccc1Br. The van der Waals surface area contributed by atoms with E-state index in [4.69, 9.17) is 0 Å². The first kappa shape index (κ1) is 12.2. The van der Waals surface area contributed by atoms with Gasteiger partial charge in [-0.15, -0.1) is 0 Å². The van der Waals surface area contributed by atoms with E-state index in [2.05, 4.69) is 22.9 Å². The minimum atomic E-state index is -0.485. The number of unbranched alkanes of at least 4 members (excludes halogenated alkanes) is 1. The Kier molecular flexibility index (Phi) is 5.77. The minimum absolute atomic E-state index is 0.372. The van der Waals surface area contributed by atoms with Gasteiger partial charge in [-0.1, -0.05) is 0 Å². The fraction of sp³-hybridized carbons (Fsp3) is 0.364. The average molecular weight is 369 g/mol. The molecule has 0 aromatic heterocycles. The van der Waals surface area contributed by atoms with Crippen LogP contribution in [0.4, 0.5) is 0 Å². The van der Waals surface area contributed by atoms with Crippen LogP contribution in [0.25, 0.3) is 0 Å². The van der Waals surface area contributed by atoms with Gasteiger partial charge < -0.3 is 0 Å². The van der Waals surface area contributed by atoms with Crippen LogP contribution in [0.1, 0.15) is 30.1 Å². The average Bonchev–Trinajstić information content (AvgIpc) is 2.18. The maximum absolute atomic E-state index is 11.8. The number of carbonyl (C=O) groups is 1. The second-order valence-corrected chi connectivity index (χ2v) is 6.87. The van der Waals surface area contributed by atoms with Crippen LogP contribution < -0.4 is 0 Å². The summed E-state index contributed by atoms with van der Waals surface area (Å²) in [5.74, 6) is 0. The van der Waals surface area contributed by atoms with Crippen molar-refractivity contribution < 1.29 is 4.79 Å². The Hall–Kier alpha value is 0.160. The van der Waals surface area contributed by atoms with E-state index in [-0.39, 0.29) is 0 Å². The molecule has 76 valence electrons. The summed E-state index contributed by atoms with van der Waals surface area (Å²) in [7, 11) is 0. The normalized spacial score (nSPS) is 10.1. The van der Waals surface area contributed by atoms with Gasteiger partial charge in [-0.2, -0.15) is 0 Å². The molecule has 1 aromatic carbocycles. The van der Waals surface area contributed by atoms with E-state index in [1.807, 2.05) is 24.3 Å². The van der Waals surface area contributed by atoms with Crippen LogP contribution in [0.5, 0.6) is 0 Å². The summed E-state index contributed by atoms with van der Waals surface area (Å²) < 4.78 is 2.43. The van der Waals surface area contributed by atoms with E-state index in [1.54, 1.807) is 0 Å². The first-order valence-corrected chi connectivity index (χ1v) is 8.28. The van der Waals surface area contributed by atoms with Crippen molar-refractivity contribution in [1.82, 2.24) is 0 Å². The first-order valence-electron chi connectivity index (χ1n) is 4.67. The van der Waals surface area contributed by atoms with Gasteiger partial charge >= 0.3 is 104 Å². The zero-order valence-electron chi connectivity index (χ0n) is 8.13. The molecule has 0 fully saturated rings. The van der Waals surface area contributed by atoms with E-state index in [0.717, 1.165) is 14.5 Å². The fourth-order valence-electron chi connectivity index (χ4n) is 1.01. The molecule has 0 aliphatic carbocycles. The van der Waals surface area contributed by atoms with Crippen molar-refractivity contribution in [3.05, 3.63) is 34.3 Å². The molecule has 3 heteroatoms. The van der Waals surface area contributed by atoms with Crippen molar-refractivity contribution >= 4 is 40.7 Å². The maximum atomic E-state index is 11.8. The van der Waals surface area contributed by atoms with Gasteiger partial charge in [0.2, 0.25) is 0 Å². The van der Waals surface area contributed by atoms with Gasteiger partial charge in [-0.25, -0.2) is 0 Å². The number of hydrogen-bond donors (Lipinski definition) is 0. The van der Waals surface area contributed by atoms with E-state index < -0.39 is 20.9 Å². The summed E-state index contributed by atoms with van der Waals surface area (Å²) in [6, 6.07) is 7.70. The van der Waals surface area contributed by atoms with E-state index in [0.29, 0.717) is 3.83 Å². The number of hydrogen-bond acceptors (Lipinski definition) is 1. The van der Waals surface area contributed by atoms with Crippen molar-refractivity contribution in [2.45, 2.75) is 24.2 Å². The summed E-state index contributed by atoms with van der Waals surface area (Å²) in [6.45, 7) is 2.16. The molecule has 0 saturated heterocycles. The van der Waals surface area contributed by atoms with Crippen LogP contribution in [-0.2, 0) is 0 Å². The Balaban J connectivity index is 2.56. The molecule has 0 amide bonds. The Morgan fingerprint density at radius 3 is 2.79 bits per heavy atom. The second kappa shape index (κ2) is 6.61. The number of carbonyl (C=O) groups excluding carboxylic acids is 1. The van der Waals surface area contributed by atoms with Crippen molar-refractivity contribution in [3.8, 4) is 0 Å². The standard InChI is InChI=1S/C11H13BrOTe/c1-2-3-8-14-11(13)9-6-4-5-7-10(9)12/h4-7H,2-3,8H2,1H3. The van der Waals surface area contributed by atoms with Crippen molar-refractivity contribution in [1.29, 1.82) is 0 Å². The van der Waals surface area contributed by atoms with Gasteiger partial charge in [-0.3, -0.25) is 0 Å². The Morgan fingerprint density at radius 1 is 1.43 bits per heavy atom. The molecule has 1 rings (SSSR count). The molecule has 0 radical (unpaired) electrons. The molecule has 0 heterocycles. The monoisotopic (exact) mass is 370 g/mol. The summed E-state index contributed by atoms with van der Waals surface area (Å²) >= 11 is 2.92. The van der Waals surface area contributed by atoms with Crippen LogP contribution in [0.15, 0.2) is 28.7 Å².